The Labute approximate surface area is 262 Å². The van der Waals surface area contributed by atoms with E-state index in [4.69, 9.17) is 9.39 Å². The monoisotopic (exact) mass is 607 g/mol. The molecule has 3 aromatic carbocycles. The predicted molar refractivity (Wildman–Crippen MR) is 172 cm³/mol. The molecule has 0 spiro atoms. The summed E-state index contributed by atoms with van der Waals surface area (Å²) in [6.07, 6.45) is 3.20. The van der Waals surface area contributed by atoms with Gasteiger partial charge < -0.3 is 29.6 Å². The van der Waals surface area contributed by atoms with Crippen molar-refractivity contribution in [2.75, 3.05) is 18.6 Å². The predicted octanol–water partition coefficient (Wildman–Crippen LogP) is 3.04. The average Bonchev–Trinajstić information content (AvgIpc) is 3.29. The highest BCUT2D eigenvalue weighted by Gasteiger charge is 2.57. The second-order valence-corrected chi connectivity index (χ2v) is 11.9. The van der Waals surface area contributed by atoms with Crippen molar-refractivity contribution in [1.82, 2.24) is 0 Å². The number of fused-ring (bicyclic) bond motifs is 3. The minimum absolute atomic E-state index is 0.178. The Balaban J connectivity index is 1.32. The van der Waals surface area contributed by atoms with Gasteiger partial charge in [0.1, 0.15) is 5.75 Å². The number of anilines is 1. The minimum Gasteiger partial charge on any atom is -0.508 e. The fourth-order valence-corrected chi connectivity index (χ4v) is 7.16. The molecular weight excluding hydrogens is 572 g/mol. The van der Waals surface area contributed by atoms with Crippen LogP contribution in [0.15, 0.2) is 90.0 Å². The van der Waals surface area contributed by atoms with Gasteiger partial charge in [-0.2, -0.15) is 0 Å². The van der Waals surface area contributed by atoms with Crippen LogP contribution in [0.3, 0.4) is 0 Å². The number of benzene rings is 3. The Hall–Kier alpha value is -3.99. The van der Waals surface area contributed by atoms with E-state index >= 15 is 0 Å². The summed E-state index contributed by atoms with van der Waals surface area (Å²) in [5.41, 5.74) is 5.31. The Morgan fingerprint density at radius 1 is 1.02 bits per heavy atom. The van der Waals surface area contributed by atoms with Gasteiger partial charge in [-0.25, -0.2) is 0 Å². The second kappa shape index (κ2) is 13.2. The fourth-order valence-electron chi connectivity index (χ4n) is 7.16. The van der Waals surface area contributed by atoms with Crippen molar-refractivity contribution < 1.29 is 39.2 Å². The van der Waals surface area contributed by atoms with Gasteiger partial charge in [-0.05, 0) is 89.1 Å². The van der Waals surface area contributed by atoms with E-state index in [0.717, 1.165) is 32.7 Å². The highest BCUT2D eigenvalue weighted by molar-refractivity contribution is 6.58. The third-order valence-corrected chi connectivity index (χ3v) is 9.11. The molecule has 9 nitrogen and oxygen atoms in total. The van der Waals surface area contributed by atoms with E-state index in [1.165, 1.54) is 12.1 Å². The van der Waals surface area contributed by atoms with Crippen LogP contribution in [0.5, 0.6) is 5.75 Å². The summed E-state index contributed by atoms with van der Waals surface area (Å²) in [6, 6.07) is 23.1. The number of methoxy groups -OCH3 is 1. The lowest BCUT2D eigenvalue weighted by molar-refractivity contribution is -0.122. The number of rotatable bonds is 9. The Morgan fingerprint density at radius 3 is 2.49 bits per heavy atom. The van der Waals surface area contributed by atoms with Crippen molar-refractivity contribution in [3.63, 3.8) is 0 Å². The van der Waals surface area contributed by atoms with Crippen molar-refractivity contribution in [2.24, 2.45) is 17.8 Å². The van der Waals surface area contributed by atoms with Crippen LogP contribution >= 0.6 is 0 Å². The molecule has 45 heavy (non-hydrogen) atoms. The van der Waals surface area contributed by atoms with E-state index in [-0.39, 0.29) is 41.6 Å². The van der Waals surface area contributed by atoms with Gasteiger partial charge in [0.2, 0.25) is 11.8 Å². The summed E-state index contributed by atoms with van der Waals surface area (Å²) in [4.78, 5) is 29.0. The lowest BCUT2D eigenvalue weighted by Crippen LogP contribution is -2.46. The number of carbonyl (C=O) groups is 2. The third-order valence-electron chi connectivity index (χ3n) is 9.11. The summed E-state index contributed by atoms with van der Waals surface area (Å²) >= 11 is 0. The number of nitrogens with zero attached hydrogens (tertiary/aromatic N) is 1. The van der Waals surface area contributed by atoms with Crippen molar-refractivity contribution in [3.05, 3.63) is 101 Å². The topological polar surface area (TPSA) is 137 Å². The van der Waals surface area contributed by atoms with E-state index in [9.17, 15) is 29.8 Å². The highest BCUT2D eigenvalue weighted by atomic mass is 16.5. The average molecular weight is 607 g/mol. The minimum atomic E-state index is -1.74. The molecule has 0 saturated carbocycles. The summed E-state index contributed by atoms with van der Waals surface area (Å²) in [7, 11) is -1.26. The van der Waals surface area contributed by atoms with Gasteiger partial charge in [-0.1, -0.05) is 60.7 Å². The van der Waals surface area contributed by atoms with Crippen LogP contribution in [-0.4, -0.2) is 66.1 Å². The molecule has 1 aliphatic carbocycles. The maximum Gasteiger partial charge on any atom is 0.488 e. The molecule has 2 fully saturated rings. The van der Waals surface area contributed by atoms with Crippen LogP contribution in [-0.2, 0) is 19.0 Å². The van der Waals surface area contributed by atoms with Crippen molar-refractivity contribution in [2.45, 2.75) is 31.7 Å². The number of hydrogen-bond acceptors (Lipinski definition) is 8. The van der Waals surface area contributed by atoms with Crippen LogP contribution in [0.4, 0.5) is 5.69 Å². The molecule has 4 N–H and O–H groups in total. The first-order valence-electron chi connectivity index (χ1n) is 15.2. The molecular formula is C34H35B2NO8. The molecule has 0 aromatic heterocycles. The standard InChI is InChI=1S/C34H35B2NO8/c1-44-20-24-17-28-32(34(40)37(33(28)39)26-9-5-8-25(18-26)36(42)43)29-19-35(41)45-30(31(24)29)15-12-23(22-6-3-2-4-7-22)16-21-10-13-27(38)14-11-21/h2-11,13-14,16,18,28-30,32,38,41-43H,12,15,17,19-20H2,1H3/b23-16-/t28-,29+,30-,32-/m1/s1. The maximum absolute atomic E-state index is 14.0. The summed E-state index contributed by atoms with van der Waals surface area (Å²) in [6.45, 7) is 0.271. The van der Waals surface area contributed by atoms with Gasteiger partial charge in [0.05, 0.1) is 30.2 Å². The number of ether oxygens (including phenoxy) is 1. The summed E-state index contributed by atoms with van der Waals surface area (Å²) < 4.78 is 11.7. The van der Waals surface area contributed by atoms with E-state index < -0.39 is 38.1 Å². The number of amides is 2. The number of carbonyl (C=O) groups excluding carboxylic acids is 2. The lowest BCUT2D eigenvalue weighted by Gasteiger charge is -2.43. The molecule has 2 saturated heterocycles. The first-order valence-corrected chi connectivity index (χ1v) is 15.2. The second-order valence-electron chi connectivity index (χ2n) is 11.9. The zero-order valence-corrected chi connectivity index (χ0v) is 25.0. The number of phenols is 1. The number of phenolic OH excluding ortho intramolecular Hbond substituents is 1. The molecule has 4 atom stereocenters. The largest absolute Gasteiger partial charge is 0.508 e. The lowest BCUT2D eigenvalue weighted by atomic mass is 9.58. The van der Waals surface area contributed by atoms with Gasteiger partial charge in [-0.15, -0.1) is 0 Å². The first-order chi connectivity index (χ1) is 21.7. The van der Waals surface area contributed by atoms with Crippen molar-refractivity contribution in [3.8, 4) is 5.75 Å². The molecule has 3 aliphatic rings. The van der Waals surface area contributed by atoms with E-state index in [1.807, 2.05) is 42.5 Å². The molecule has 2 heterocycles. The maximum atomic E-state index is 14.0. The molecule has 2 aliphatic heterocycles. The van der Waals surface area contributed by atoms with Crippen LogP contribution in [0.25, 0.3) is 11.6 Å². The quantitative estimate of drug-likeness (QED) is 0.126. The molecule has 0 bridgehead atoms. The molecule has 3 aromatic rings. The normalized spacial score (nSPS) is 23.3. The van der Waals surface area contributed by atoms with E-state index in [2.05, 4.69) is 6.08 Å². The van der Waals surface area contributed by atoms with E-state index in [0.29, 0.717) is 19.3 Å². The zero-order chi connectivity index (χ0) is 31.7. The summed E-state index contributed by atoms with van der Waals surface area (Å²) in [5.74, 6) is -2.25. The van der Waals surface area contributed by atoms with Crippen LogP contribution in [0.2, 0.25) is 6.32 Å². The van der Waals surface area contributed by atoms with E-state index in [1.54, 1.807) is 31.4 Å². The smallest absolute Gasteiger partial charge is 0.488 e. The SMILES string of the molecule is COCC1=C2[C@@H](CC/C(=C/c3ccc(O)cc3)c3ccccc3)OB(O)C[C@@H]2[C@@H]2C(=O)N(c3cccc(B(O)O)c3)C(=O)[C@@H]2C1. The molecule has 2 amide bonds. The Morgan fingerprint density at radius 2 is 1.78 bits per heavy atom. The molecule has 6 rings (SSSR count). The van der Waals surface area contributed by atoms with Crippen LogP contribution in [0.1, 0.15) is 30.4 Å². The third kappa shape index (κ3) is 6.27. The van der Waals surface area contributed by atoms with Gasteiger partial charge in [0.15, 0.2) is 0 Å². The molecule has 0 radical (unpaired) electrons. The van der Waals surface area contributed by atoms with Crippen molar-refractivity contribution >= 4 is 48.9 Å². The molecule has 0 unspecified atom stereocenters. The Kier molecular flexibility index (Phi) is 9.07. The fraction of sp³-hybridized carbons (Fsp3) is 0.294. The number of aromatic hydroxyl groups is 1. The number of allylic oxidation sites excluding steroid dienone is 1. The van der Waals surface area contributed by atoms with Crippen molar-refractivity contribution in [1.29, 1.82) is 0 Å². The highest BCUT2D eigenvalue weighted by Crippen LogP contribution is 2.51. The summed E-state index contributed by atoms with van der Waals surface area (Å²) in [5, 5.41) is 40.1. The Bertz CT molecular complexity index is 1620. The van der Waals surface area contributed by atoms with Gasteiger partial charge >= 0.3 is 14.2 Å². The number of imide groups is 1. The molecule has 230 valence electrons. The van der Waals surface area contributed by atoms with Gasteiger partial charge in [-0.3, -0.25) is 14.5 Å². The molecule has 11 heteroatoms. The van der Waals surface area contributed by atoms with Crippen LogP contribution < -0.4 is 10.4 Å². The van der Waals surface area contributed by atoms with Gasteiger partial charge in [0, 0.05) is 7.11 Å². The first kappa shape index (κ1) is 31.0. The van der Waals surface area contributed by atoms with Gasteiger partial charge in [0.25, 0.3) is 0 Å². The number of hydrogen-bond donors (Lipinski definition) is 4. The zero-order valence-electron chi connectivity index (χ0n) is 25.0. The van der Waals surface area contributed by atoms with Crippen LogP contribution in [0, 0.1) is 17.8 Å².